The van der Waals surface area contributed by atoms with E-state index in [1.807, 2.05) is 0 Å². The van der Waals surface area contributed by atoms with E-state index in [4.69, 9.17) is 0 Å². The fourth-order valence-electron chi connectivity index (χ4n) is 1.09. The first-order chi connectivity index (χ1) is 4.74. The van der Waals surface area contributed by atoms with Crippen molar-refractivity contribution in [2.75, 3.05) is 6.66 Å². The molecule has 0 N–H and O–H groups in total. The van der Waals surface area contributed by atoms with Crippen LogP contribution < -0.4 is 5.30 Å². The molecule has 1 aromatic rings. The Kier molecular flexibility index (Phi) is 2.45. The molecule has 0 saturated heterocycles. The number of rotatable bonds is 1. The molecule has 0 aliphatic heterocycles. The van der Waals surface area contributed by atoms with Crippen LogP contribution in [0.2, 0.25) is 0 Å². The molecule has 0 fully saturated rings. The first kappa shape index (κ1) is 7.75. The van der Waals surface area contributed by atoms with Gasteiger partial charge in [-0.1, -0.05) is 32.3 Å². The SMILES string of the molecule is CPc1ccc(C)cc1C. The second-order valence-electron chi connectivity index (χ2n) is 2.57. The quantitative estimate of drug-likeness (QED) is 0.541. The predicted octanol–water partition coefficient (Wildman–Crippen LogP) is 2.24. The average Bonchev–Trinajstić information content (AvgIpc) is 1.88. The third-order valence-electron chi connectivity index (χ3n) is 1.65. The molecule has 0 aliphatic rings. The summed E-state index contributed by atoms with van der Waals surface area (Å²) >= 11 is 0. The van der Waals surface area contributed by atoms with Gasteiger partial charge in [0.05, 0.1) is 0 Å². The smallest absolute Gasteiger partial charge is 0.0245 e. The molecule has 54 valence electrons. The van der Waals surface area contributed by atoms with Crippen LogP contribution in [0.4, 0.5) is 0 Å². The van der Waals surface area contributed by atoms with Crippen molar-refractivity contribution in [1.82, 2.24) is 0 Å². The molecule has 0 aliphatic carbocycles. The largest absolute Gasteiger partial charge is 0.0933 e. The predicted molar refractivity (Wildman–Crippen MR) is 49.8 cm³/mol. The van der Waals surface area contributed by atoms with Crippen LogP contribution in [0.15, 0.2) is 18.2 Å². The van der Waals surface area contributed by atoms with Gasteiger partial charge in [0.2, 0.25) is 0 Å². The van der Waals surface area contributed by atoms with Crippen LogP contribution >= 0.6 is 8.58 Å². The van der Waals surface area contributed by atoms with Crippen molar-refractivity contribution in [3.8, 4) is 0 Å². The summed E-state index contributed by atoms with van der Waals surface area (Å²) in [5.41, 5.74) is 2.79. The van der Waals surface area contributed by atoms with E-state index in [0.29, 0.717) is 0 Å². The fourth-order valence-corrected chi connectivity index (χ4v) is 1.81. The van der Waals surface area contributed by atoms with Crippen LogP contribution in [-0.2, 0) is 0 Å². The minimum atomic E-state index is 0.925. The number of benzene rings is 1. The zero-order valence-electron chi connectivity index (χ0n) is 6.73. The van der Waals surface area contributed by atoms with Crippen LogP contribution in [0.25, 0.3) is 0 Å². The van der Waals surface area contributed by atoms with E-state index in [9.17, 15) is 0 Å². The molecule has 0 saturated carbocycles. The third-order valence-corrected chi connectivity index (χ3v) is 2.75. The van der Waals surface area contributed by atoms with Crippen LogP contribution in [0.3, 0.4) is 0 Å². The maximum atomic E-state index is 2.24. The molecular formula is C9H13P. The van der Waals surface area contributed by atoms with E-state index in [2.05, 4.69) is 38.7 Å². The van der Waals surface area contributed by atoms with Gasteiger partial charge in [-0.05, 0) is 31.4 Å². The molecule has 0 bridgehead atoms. The zero-order chi connectivity index (χ0) is 7.56. The van der Waals surface area contributed by atoms with E-state index in [-0.39, 0.29) is 0 Å². The highest BCUT2D eigenvalue weighted by Crippen LogP contribution is 2.09. The maximum absolute atomic E-state index is 2.24. The van der Waals surface area contributed by atoms with Gasteiger partial charge in [0.1, 0.15) is 0 Å². The number of aryl methyl sites for hydroxylation is 2. The first-order valence-electron chi connectivity index (χ1n) is 3.49. The van der Waals surface area contributed by atoms with Crippen molar-refractivity contribution in [2.45, 2.75) is 13.8 Å². The summed E-state index contributed by atoms with van der Waals surface area (Å²) in [6, 6.07) is 6.65. The maximum Gasteiger partial charge on any atom is -0.0245 e. The Morgan fingerprint density at radius 1 is 1.20 bits per heavy atom. The Hall–Kier alpha value is -0.350. The van der Waals surface area contributed by atoms with E-state index in [1.165, 1.54) is 16.4 Å². The van der Waals surface area contributed by atoms with Crippen molar-refractivity contribution in [2.24, 2.45) is 0 Å². The van der Waals surface area contributed by atoms with Gasteiger partial charge in [0.15, 0.2) is 0 Å². The van der Waals surface area contributed by atoms with Gasteiger partial charge in [-0.15, -0.1) is 0 Å². The lowest BCUT2D eigenvalue weighted by Crippen LogP contribution is -1.98. The van der Waals surface area contributed by atoms with Crippen LogP contribution in [0.5, 0.6) is 0 Å². The van der Waals surface area contributed by atoms with E-state index >= 15 is 0 Å². The minimum Gasteiger partial charge on any atom is -0.0933 e. The molecule has 0 spiro atoms. The summed E-state index contributed by atoms with van der Waals surface area (Å²) in [4.78, 5) is 0. The molecule has 1 unspecified atom stereocenters. The monoisotopic (exact) mass is 152 g/mol. The molecule has 1 heteroatoms. The van der Waals surface area contributed by atoms with Crippen molar-refractivity contribution in [3.63, 3.8) is 0 Å². The van der Waals surface area contributed by atoms with Gasteiger partial charge < -0.3 is 0 Å². The lowest BCUT2D eigenvalue weighted by molar-refractivity contribution is 1.41. The molecule has 1 rings (SSSR count). The summed E-state index contributed by atoms with van der Waals surface area (Å²) in [7, 11) is 0.925. The van der Waals surface area contributed by atoms with Gasteiger partial charge >= 0.3 is 0 Å². The van der Waals surface area contributed by atoms with Crippen molar-refractivity contribution < 1.29 is 0 Å². The molecular weight excluding hydrogens is 139 g/mol. The van der Waals surface area contributed by atoms with Crippen LogP contribution in [0, 0.1) is 13.8 Å². The molecule has 0 amide bonds. The Balaban J connectivity index is 3.07. The summed E-state index contributed by atoms with van der Waals surface area (Å²) in [5.74, 6) is 0. The van der Waals surface area contributed by atoms with Crippen molar-refractivity contribution in [1.29, 1.82) is 0 Å². The second-order valence-corrected chi connectivity index (χ2v) is 3.61. The first-order valence-corrected chi connectivity index (χ1v) is 4.99. The average molecular weight is 152 g/mol. The van der Waals surface area contributed by atoms with Crippen molar-refractivity contribution in [3.05, 3.63) is 29.3 Å². The minimum absolute atomic E-state index is 0.925. The van der Waals surface area contributed by atoms with Crippen LogP contribution in [0.1, 0.15) is 11.1 Å². The standard InChI is InChI=1S/C9H13P/c1-7-4-5-9(10-3)8(2)6-7/h4-6,10H,1-3H3. The lowest BCUT2D eigenvalue weighted by atomic mass is 10.2. The van der Waals surface area contributed by atoms with Crippen LogP contribution in [-0.4, -0.2) is 6.66 Å². The number of hydrogen-bond acceptors (Lipinski definition) is 0. The fraction of sp³-hybridized carbons (Fsp3) is 0.333. The van der Waals surface area contributed by atoms with E-state index in [1.54, 1.807) is 0 Å². The Bertz CT molecular complexity index is 228. The summed E-state index contributed by atoms with van der Waals surface area (Å²) in [6.45, 7) is 6.53. The van der Waals surface area contributed by atoms with Gasteiger partial charge in [0, 0.05) is 0 Å². The highest BCUT2D eigenvalue weighted by molar-refractivity contribution is 7.46. The van der Waals surface area contributed by atoms with Gasteiger partial charge in [-0.25, -0.2) is 0 Å². The normalized spacial score (nSPS) is 11.1. The van der Waals surface area contributed by atoms with E-state index < -0.39 is 0 Å². The molecule has 0 heterocycles. The number of hydrogen-bond donors (Lipinski definition) is 0. The molecule has 1 atom stereocenters. The lowest BCUT2D eigenvalue weighted by Gasteiger charge is -2.02. The van der Waals surface area contributed by atoms with Gasteiger partial charge in [-0.2, -0.15) is 0 Å². The summed E-state index contributed by atoms with van der Waals surface area (Å²) in [6.07, 6.45) is 0. The Morgan fingerprint density at radius 2 is 1.90 bits per heavy atom. The zero-order valence-corrected chi connectivity index (χ0v) is 7.73. The second kappa shape index (κ2) is 3.16. The van der Waals surface area contributed by atoms with Crippen molar-refractivity contribution >= 4 is 13.9 Å². The van der Waals surface area contributed by atoms with Gasteiger partial charge in [-0.3, -0.25) is 0 Å². The topological polar surface area (TPSA) is 0 Å². The molecule has 0 nitrogen and oxygen atoms in total. The molecule has 1 aromatic carbocycles. The van der Waals surface area contributed by atoms with Gasteiger partial charge in [0.25, 0.3) is 0 Å². The van der Waals surface area contributed by atoms with E-state index in [0.717, 1.165) is 8.58 Å². The Labute approximate surface area is 64.4 Å². The molecule has 0 aromatic heterocycles. The molecule has 10 heavy (non-hydrogen) atoms. The third kappa shape index (κ3) is 1.58. The Morgan fingerprint density at radius 3 is 2.40 bits per heavy atom. The summed E-state index contributed by atoms with van der Waals surface area (Å²) < 4.78 is 0. The highest BCUT2D eigenvalue weighted by Gasteiger charge is 1.93. The summed E-state index contributed by atoms with van der Waals surface area (Å²) in [5, 5.41) is 1.49. The molecule has 0 radical (unpaired) electrons. The highest BCUT2D eigenvalue weighted by atomic mass is 31.1.